The van der Waals surface area contributed by atoms with Gasteiger partial charge in [-0.1, -0.05) is 88.7 Å². The van der Waals surface area contributed by atoms with Crippen LogP contribution in [-0.4, -0.2) is 17.1 Å². The molecule has 5 aromatic rings. The van der Waals surface area contributed by atoms with Gasteiger partial charge in [0, 0.05) is 48.5 Å². The van der Waals surface area contributed by atoms with Crippen LogP contribution < -0.4 is 4.57 Å². The number of aliphatic hydroxyl groups is 1. The normalized spacial score (nSPS) is 14.4. The smallest absolute Gasteiger partial charge is 0.454 e. The molecule has 6 rings (SSSR count). The molecule has 3 nitrogen and oxygen atoms in total. The van der Waals surface area contributed by atoms with Gasteiger partial charge in [-0.3, -0.25) is 4.79 Å². The molecule has 8 heteroatoms. The number of hydrogen-bond donors (Lipinski definition) is 1. The number of aliphatic hydroxyl groups excluding tert-OH is 1. The molecule has 0 amide bonds. The largest absolute Gasteiger partial charge is 0.512 e. The quantitative estimate of drug-likeness (QED) is 0.0848. The van der Waals surface area contributed by atoms with Crippen molar-refractivity contribution in [3.8, 4) is 11.3 Å². The Morgan fingerprint density at radius 1 is 0.979 bits per heavy atom. The van der Waals surface area contributed by atoms with E-state index in [0.29, 0.717) is 0 Å². The van der Waals surface area contributed by atoms with Crippen molar-refractivity contribution < 1.29 is 47.7 Å². The van der Waals surface area contributed by atoms with E-state index >= 15 is 0 Å². The molecule has 1 fully saturated rings. The Labute approximate surface area is 292 Å². The Morgan fingerprint density at radius 2 is 1.62 bits per heavy atom. The predicted molar refractivity (Wildman–Crippen MR) is 184 cm³/mol. The Morgan fingerprint density at radius 3 is 2.21 bits per heavy atom. The molecule has 47 heavy (non-hydrogen) atoms. The third-order valence-corrected chi connectivity index (χ3v) is 10.0. The van der Waals surface area contributed by atoms with E-state index in [-0.39, 0.29) is 31.6 Å². The van der Waals surface area contributed by atoms with Gasteiger partial charge in [-0.15, -0.1) is 34.4 Å². The average molecular weight is 837 g/mol. The van der Waals surface area contributed by atoms with Crippen LogP contribution in [0.25, 0.3) is 42.2 Å². The second kappa shape index (κ2) is 14.0. The first-order valence-electron chi connectivity index (χ1n) is 15.7. The van der Waals surface area contributed by atoms with Gasteiger partial charge in [0.05, 0.1) is 17.6 Å². The van der Waals surface area contributed by atoms with Crippen LogP contribution in [0.3, 0.4) is 0 Å². The van der Waals surface area contributed by atoms with Gasteiger partial charge in [-0.05, 0) is 52.6 Å². The molecule has 0 spiro atoms. The van der Waals surface area contributed by atoms with Crippen molar-refractivity contribution in [3.05, 3.63) is 103 Å². The number of carbonyl (C=O) groups excluding carboxylic acids is 1. The standard InChI is InChI=1S/C32H32NS.C7H9F3O2.Ir/c1-20-23-12-8-9-13-24(23)28(32(2,3)4)19-27(20)30-31-26(16-17-33(30)5)25-15-14-22(18-29(25)34-31)21-10-6-7-11-21;1-4(2)5(11)3-6(12)7(8,9)10;/h8-9,12-19,21H,1,5-7,10-11H2,2-4H3;3-4,11H,1-2H3;/q-1;;/b;5-3-;. The topological polar surface area (TPSA) is 41.2 Å². The number of thiophene rings is 1. The van der Waals surface area contributed by atoms with Gasteiger partial charge in [-0.2, -0.15) is 25.7 Å². The molecule has 0 saturated heterocycles. The molecular weight excluding hydrogens is 796 g/mol. The van der Waals surface area contributed by atoms with Gasteiger partial charge in [0.25, 0.3) is 5.78 Å². The van der Waals surface area contributed by atoms with Crippen LogP contribution in [0.2, 0.25) is 0 Å². The number of rotatable bonds is 4. The first-order valence-corrected chi connectivity index (χ1v) is 16.5. The summed E-state index contributed by atoms with van der Waals surface area (Å²) in [5.74, 6) is -2.34. The monoisotopic (exact) mass is 837 g/mol. The number of hydrogen-bond acceptors (Lipinski definition) is 3. The van der Waals surface area contributed by atoms with Gasteiger partial charge in [0.1, 0.15) is 0 Å². The summed E-state index contributed by atoms with van der Waals surface area (Å²) in [6, 6.07) is 20.5. The summed E-state index contributed by atoms with van der Waals surface area (Å²) in [4.78, 5) is 10.2. The van der Waals surface area contributed by atoms with E-state index < -0.39 is 23.6 Å². The van der Waals surface area contributed by atoms with Crippen LogP contribution in [0.15, 0.2) is 72.6 Å². The van der Waals surface area contributed by atoms with Crippen LogP contribution in [-0.2, 0) is 30.3 Å². The minimum atomic E-state index is -4.90. The van der Waals surface area contributed by atoms with E-state index in [4.69, 9.17) is 5.11 Å². The maximum absolute atomic E-state index is 11.6. The molecular formula is C39H41F3IrNO2S-. The van der Waals surface area contributed by atoms with E-state index in [2.05, 4.69) is 95.5 Å². The molecule has 0 aliphatic heterocycles. The molecule has 1 aliphatic rings. The Bertz CT molecular complexity index is 1960. The van der Waals surface area contributed by atoms with Crippen molar-refractivity contribution in [2.24, 2.45) is 5.92 Å². The first kappa shape index (κ1) is 36.5. The van der Waals surface area contributed by atoms with Crippen molar-refractivity contribution in [1.82, 2.24) is 0 Å². The second-order valence-electron chi connectivity index (χ2n) is 13.5. The number of carbonyl (C=O) groups is 1. The molecule has 1 aliphatic carbocycles. The summed E-state index contributed by atoms with van der Waals surface area (Å²) in [6.07, 6.45) is 2.81. The first-order chi connectivity index (χ1) is 21.6. The summed E-state index contributed by atoms with van der Waals surface area (Å²) < 4.78 is 39.4. The molecule has 0 unspecified atom stereocenters. The second-order valence-corrected chi connectivity index (χ2v) is 14.6. The minimum absolute atomic E-state index is 0. The molecule has 0 bridgehead atoms. The third kappa shape index (κ3) is 7.56. The van der Waals surface area contributed by atoms with Crippen molar-refractivity contribution in [2.45, 2.75) is 77.8 Å². The molecule has 2 heterocycles. The Hall–Kier alpha value is -3.32. The zero-order chi connectivity index (χ0) is 33.6. The van der Waals surface area contributed by atoms with Crippen LogP contribution >= 0.6 is 11.3 Å². The number of ketones is 1. The molecule has 1 N–H and O–H groups in total. The fourth-order valence-electron chi connectivity index (χ4n) is 6.28. The van der Waals surface area contributed by atoms with Crippen molar-refractivity contribution in [1.29, 1.82) is 0 Å². The average Bonchev–Trinajstić information content (AvgIpc) is 3.65. The Kier molecular flexibility index (Phi) is 10.9. The van der Waals surface area contributed by atoms with Gasteiger partial charge in [-0.25, -0.2) is 0 Å². The fraction of sp³-hybridized carbons (Fsp3) is 0.333. The van der Waals surface area contributed by atoms with Gasteiger partial charge >= 0.3 is 6.18 Å². The number of fused-ring (bicyclic) bond motifs is 4. The van der Waals surface area contributed by atoms with Gasteiger partial charge in [0.15, 0.2) is 0 Å². The Balaban J connectivity index is 0.000000331. The van der Waals surface area contributed by atoms with Gasteiger partial charge < -0.3 is 9.67 Å². The van der Waals surface area contributed by atoms with Crippen LogP contribution in [0.4, 0.5) is 13.2 Å². The number of aromatic nitrogens is 1. The van der Waals surface area contributed by atoms with Crippen molar-refractivity contribution >= 4 is 48.1 Å². The van der Waals surface area contributed by atoms with E-state index in [1.165, 1.54) is 92.9 Å². The number of nitrogens with zero attached hydrogens (tertiary/aromatic N) is 1. The molecule has 1 radical (unpaired) electrons. The minimum Gasteiger partial charge on any atom is -0.512 e. The number of benzene rings is 3. The van der Waals surface area contributed by atoms with Crippen molar-refractivity contribution in [2.75, 3.05) is 0 Å². The molecule has 3 aromatic carbocycles. The summed E-state index contributed by atoms with van der Waals surface area (Å²) in [6.45, 7) is 14.4. The van der Waals surface area contributed by atoms with E-state index in [0.717, 1.165) is 11.5 Å². The molecule has 251 valence electrons. The van der Waals surface area contributed by atoms with Crippen LogP contribution in [0, 0.1) is 19.9 Å². The fourth-order valence-corrected chi connectivity index (χ4v) is 7.60. The third-order valence-electron chi connectivity index (χ3n) is 8.87. The summed E-state index contributed by atoms with van der Waals surface area (Å²) in [5, 5.41) is 14.0. The predicted octanol–water partition coefficient (Wildman–Crippen LogP) is 11.2. The van der Waals surface area contributed by atoms with Crippen LogP contribution in [0.1, 0.15) is 82.9 Å². The molecule has 2 aromatic heterocycles. The summed E-state index contributed by atoms with van der Waals surface area (Å²) in [5.41, 5.74) is 6.33. The summed E-state index contributed by atoms with van der Waals surface area (Å²) >= 11 is 1.91. The number of pyridine rings is 1. The zero-order valence-electron chi connectivity index (χ0n) is 27.4. The molecule has 0 atom stereocenters. The SMILES string of the molecule is CC(C)/C(O)=C/C(=O)C(F)(F)F.[CH2-]c1c(-c2c3sc4cc(C5CCCC5)ccc4c3cc[n+]2[CH2-])cc(C(C)(C)C)c2ccccc12.[Ir]. The summed E-state index contributed by atoms with van der Waals surface area (Å²) in [7, 11) is 4.41. The van der Waals surface area contributed by atoms with Crippen LogP contribution in [0.5, 0.6) is 0 Å². The zero-order valence-corrected chi connectivity index (χ0v) is 30.6. The van der Waals surface area contributed by atoms with E-state index in [9.17, 15) is 18.0 Å². The van der Waals surface area contributed by atoms with Gasteiger partial charge in [0.2, 0.25) is 0 Å². The van der Waals surface area contributed by atoms with Crippen molar-refractivity contribution in [3.63, 3.8) is 0 Å². The number of halogens is 3. The number of allylic oxidation sites excluding steroid dienone is 2. The van der Waals surface area contributed by atoms with E-state index in [1.54, 1.807) is 0 Å². The molecule has 1 saturated carbocycles. The number of alkyl halides is 3. The maximum atomic E-state index is 11.6. The van der Waals surface area contributed by atoms with E-state index in [1.807, 2.05) is 15.9 Å². The maximum Gasteiger partial charge on any atom is 0.454 e.